The molecule has 0 aliphatic heterocycles. The zero-order chi connectivity index (χ0) is 22.4. The van der Waals surface area contributed by atoms with Gasteiger partial charge in [-0.05, 0) is 73.2 Å². The van der Waals surface area contributed by atoms with Crippen LogP contribution < -0.4 is 10.1 Å². The van der Waals surface area contributed by atoms with E-state index in [1.54, 1.807) is 26.2 Å². The van der Waals surface area contributed by atoms with Crippen molar-refractivity contribution in [2.45, 2.75) is 52.9 Å². The maximum absolute atomic E-state index is 12.9. The molecule has 0 saturated heterocycles. The number of aliphatic hydroxyl groups is 2. The SMILES string of the molecule is CC[C@@H](NC(=O)/C(C)=C/c1c(C)ccc(OC)c1C)c1ccc(CC(O)O)cc1Cl. The van der Waals surface area contributed by atoms with E-state index in [2.05, 4.69) is 5.32 Å². The van der Waals surface area contributed by atoms with Crippen molar-refractivity contribution in [1.29, 1.82) is 0 Å². The Balaban J connectivity index is 2.24. The van der Waals surface area contributed by atoms with Gasteiger partial charge < -0.3 is 20.3 Å². The Labute approximate surface area is 183 Å². The zero-order valence-corrected chi connectivity index (χ0v) is 18.9. The van der Waals surface area contributed by atoms with Crippen LogP contribution in [0.25, 0.3) is 6.08 Å². The van der Waals surface area contributed by atoms with Crippen molar-refractivity contribution in [3.05, 3.63) is 68.7 Å². The second kappa shape index (κ2) is 10.6. The Bertz CT molecular complexity index is 937. The van der Waals surface area contributed by atoms with Crippen LogP contribution in [-0.4, -0.2) is 29.5 Å². The van der Waals surface area contributed by atoms with E-state index >= 15 is 0 Å². The third-order valence-electron chi connectivity index (χ3n) is 5.19. The van der Waals surface area contributed by atoms with Crippen LogP contribution in [-0.2, 0) is 11.2 Å². The van der Waals surface area contributed by atoms with Crippen molar-refractivity contribution < 1.29 is 19.7 Å². The molecule has 0 aromatic heterocycles. The summed E-state index contributed by atoms with van der Waals surface area (Å²) >= 11 is 6.41. The molecule has 2 aromatic carbocycles. The summed E-state index contributed by atoms with van der Waals surface area (Å²) in [5, 5.41) is 21.8. The normalized spacial score (nSPS) is 12.8. The molecule has 162 valence electrons. The van der Waals surface area contributed by atoms with E-state index in [1.165, 1.54) is 0 Å². The molecule has 0 heterocycles. The number of hydrogen-bond acceptors (Lipinski definition) is 4. The maximum Gasteiger partial charge on any atom is 0.247 e. The number of hydrogen-bond donors (Lipinski definition) is 3. The maximum atomic E-state index is 12.9. The molecule has 30 heavy (non-hydrogen) atoms. The first-order valence-corrected chi connectivity index (χ1v) is 10.3. The fourth-order valence-electron chi connectivity index (χ4n) is 3.43. The standard InChI is InChI=1S/C24H30ClNO4/c1-6-21(18-9-8-17(12-20(18)25)13-23(27)28)26-24(29)15(3)11-19-14(2)7-10-22(30-5)16(19)4/h7-12,21,23,27-28H,6,13H2,1-5H3,(H,26,29)/b15-11+/t21-/m1/s1. The van der Waals surface area contributed by atoms with Crippen LogP contribution in [0, 0.1) is 13.8 Å². The summed E-state index contributed by atoms with van der Waals surface area (Å²) < 4.78 is 5.39. The van der Waals surface area contributed by atoms with Gasteiger partial charge in [0, 0.05) is 17.0 Å². The van der Waals surface area contributed by atoms with Gasteiger partial charge in [-0.2, -0.15) is 0 Å². The third kappa shape index (κ3) is 5.85. The Morgan fingerprint density at radius 1 is 1.23 bits per heavy atom. The smallest absolute Gasteiger partial charge is 0.247 e. The number of aliphatic hydroxyl groups excluding tert-OH is 1. The highest BCUT2D eigenvalue weighted by Crippen LogP contribution is 2.28. The lowest BCUT2D eigenvalue weighted by Gasteiger charge is -2.20. The molecule has 0 radical (unpaired) electrons. The first kappa shape index (κ1) is 23.9. The van der Waals surface area contributed by atoms with Crippen molar-refractivity contribution in [1.82, 2.24) is 5.32 Å². The zero-order valence-electron chi connectivity index (χ0n) is 18.1. The van der Waals surface area contributed by atoms with Crippen molar-refractivity contribution in [3.63, 3.8) is 0 Å². The summed E-state index contributed by atoms with van der Waals surface area (Å²) in [5.74, 6) is 0.612. The molecule has 0 bridgehead atoms. The minimum Gasteiger partial charge on any atom is -0.496 e. The highest BCUT2D eigenvalue weighted by atomic mass is 35.5. The number of amides is 1. The molecule has 3 N–H and O–H groups in total. The predicted molar refractivity (Wildman–Crippen MR) is 121 cm³/mol. The van der Waals surface area contributed by atoms with Crippen molar-refractivity contribution in [2.24, 2.45) is 0 Å². The number of ether oxygens (including phenoxy) is 1. The molecule has 0 unspecified atom stereocenters. The molecular weight excluding hydrogens is 402 g/mol. The van der Waals surface area contributed by atoms with Crippen LogP contribution in [0.2, 0.25) is 5.02 Å². The van der Waals surface area contributed by atoms with Gasteiger partial charge in [0.2, 0.25) is 5.91 Å². The fourth-order valence-corrected chi connectivity index (χ4v) is 3.77. The van der Waals surface area contributed by atoms with Gasteiger partial charge in [-0.25, -0.2) is 0 Å². The van der Waals surface area contributed by atoms with Crippen LogP contribution in [0.5, 0.6) is 5.75 Å². The van der Waals surface area contributed by atoms with Crippen molar-refractivity contribution in [3.8, 4) is 5.75 Å². The summed E-state index contributed by atoms with van der Waals surface area (Å²) in [6, 6.07) is 8.96. The molecule has 0 spiro atoms. The fraction of sp³-hybridized carbons (Fsp3) is 0.375. The molecule has 1 amide bonds. The summed E-state index contributed by atoms with van der Waals surface area (Å²) in [7, 11) is 1.63. The van der Waals surface area contributed by atoms with E-state index in [-0.39, 0.29) is 18.4 Å². The second-order valence-electron chi connectivity index (χ2n) is 7.43. The quantitative estimate of drug-likeness (QED) is 0.425. The number of methoxy groups -OCH3 is 1. The number of halogens is 1. The molecule has 5 nitrogen and oxygen atoms in total. The Morgan fingerprint density at radius 2 is 1.93 bits per heavy atom. The van der Waals surface area contributed by atoms with E-state index < -0.39 is 6.29 Å². The lowest BCUT2D eigenvalue weighted by Crippen LogP contribution is -2.29. The van der Waals surface area contributed by atoms with Gasteiger partial charge in [-0.1, -0.05) is 36.7 Å². The molecule has 0 aliphatic carbocycles. The summed E-state index contributed by atoms with van der Waals surface area (Å²) in [6.07, 6.45) is 1.22. The van der Waals surface area contributed by atoms with Gasteiger partial charge in [0.25, 0.3) is 0 Å². The molecule has 2 aromatic rings. The average Bonchev–Trinajstić information content (AvgIpc) is 2.69. The number of aryl methyl sites for hydroxylation is 1. The molecule has 0 saturated carbocycles. The average molecular weight is 432 g/mol. The van der Waals surface area contributed by atoms with Crippen LogP contribution >= 0.6 is 11.6 Å². The molecule has 0 aliphatic rings. The number of rotatable bonds is 8. The number of carbonyl (C=O) groups excluding carboxylic acids is 1. The summed E-state index contributed by atoms with van der Waals surface area (Å²) in [4.78, 5) is 12.9. The van der Waals surface area contributed by atoms with Gasteiger partial charge in [0.15, 0.2) is 6.29 Å². The largest absolute Gasteiger partial charge is 0.496 e. The minimum atomic E-state index is -1.43. The Kier molecular flexibility index (Phi) is 8.47. The lowest BCUT2D eigenvalue weighted by atomic mass is 9.98. The highest BCUT2D eigenvalue weighted by Gasteiger charge is 2.18. The number of benzene rings is 2. The van der Waals surface area contributed by atoms with Crippen LogP contribution in [0.3, 0.4) is 0 Å². The third-order valence-corrected chi connectivity index (χ3v) is 5.52. The summed E-state index contributed by atoms with van der Waals surface area (Å²) in [6.45, 7) is 7.74. The summed E-state index contributed by atoms with van der Waals surface area (Å²) in [5.41, 5.74) is 5.13. The predicted octanol–water partition coefficient (Wildman–Crippen LogP) is 4.49. The number of carbonyl (C=O) groups is 1. The minimum absolute atomic E-state index is 0.101. The lowest BCUT2D eigenvalue weighted by molar-refractivity contribution is -0.118. The molecule has 6 heteroatoms. The topological polar surface area (TPSA) is 78.8 Å². The van der Waals surface area contributed by atoms with Gasteiger partial charge in [0.05, 0.1) is 13.2 Å². The van der Waals surface area contributed by atoms with E-state index in [0.717, 1.165) is 33.6 Å². The Morgan fingerprint density at radius 3 is 2.50 bits per heavy atom. The highest BCUT2D eigenvalue weighted by molar-refractivity contribution is 6.31. The van der Waals surface area contributed by atoms with E-state index in [1.807, 2.05) is 45.0 Å². The van der Waals surface area contributed by atoms with E-state index in [4.69, 9.17) is 26.6 Å². The van der Waals surface area contributed by atoms with Gasteiger partial charge in [0.1, 0.15) is 5.75 Å². The molecule has 0 fully saturated rings. The molecule has 2 rings (SSSR count). The van der Waals surface area contributed by atoms with Crippen molar-refractivity contribution in [2.75, 3.05) is 7.11 Å². The first-order valence-electron chi connectivity index (χ1n) is 9.95. The monoisotopic (exact) mass is 431 g/mol. The van der Waals surface area contributed by atoms with E-state index in [9.17, 15) is 4.79 Å². The second-order valence-corrected chi connectivity index (χ2v) is 7.83. The van der Waals surface area contributed by atoms with Gasteiger partial charge in [-0.3, -0.25) is 4.79 Å². The van der Waals surface area contributed by atoms with Crippen LogP contribution in [0.15, 0.2) is 35.9 Å². The van der Waals surface area contributed by atoms with Crippen LogP contribution in [0.1, 0.15) is 54.1 Å². The van der Waals surface area contributed by atoms with Gasteiger partial charge >= 0.3 is 0 Å². The van der Waals surface area contributed by atoms with Crippen molar-refractivity contribution >= 4 is 23.6 Å². The van der Waals surface area contributed by atoms with Gasteiger partial charge in [-0.15, -0.1) is 0 Å². The Hall–Kier alpha value is -2.34. The molecule has 1 atom stereocenters. The number of nitrogens with one attached hydrogen (secondary N) is 1. The first-order chi connectivity index (χ1) is 14.2. The van der Waals surface area contributed by atoms with Crippen LogP contribution in [0.4, 0.5) is 0 Å². The molecular formula is C24H30ClNO4. The van der Waals surface area contributed by atoms with E-state index in [0.29, 0.717) is 17.0 Å².